The van der Waals surface area contributed by atoms with Gasteiger partial charge in [-0.3, -0.25) is 0 Å². The zero-order chi connectivity index (χ0) is 31.3. The van der Waals surface area contributed by atoms with Gasteiger partial charge >= 0.3 is 0 Å². The molecule has 8 heteroatoms. The normalized spacial score (nSPS) is 12.2. The maximum absolute atomic E-state index is 5.96. The van der Waals surface area contributed by atoms with Gasteiger partial charge in [0, 0.05) is 53.7 Å². The maximum Gasteiger partial charge on any atom is 0.150 e. The van der Waals surface area contributed by atoms with Crippen LogP contribution in [-0.2, 0) is 38.9 Å². The maximum atomic E-state index is 5.96. The van der Waals surface area contributed by atoms with Crippen LogP contribution in [0.2, 0.25) is 0 Å². The summed E-state index contributed by atoms with van der Waals surface area (Å²) in [5, 5.41) is 16.1. The smallest absolute Gasteiger partial charge is 0.150 e. The van der Waals surface area contributed by atoms with Crippen LogP contribution in [0, 0.1) is 0 Å². The molecule has 0 radical (unpaired) electrons. The molecule has 0 aliphatic heterocycles. The van der Waals surface area contributed by atoms with E-state index in [1.165, 1.54) is 27.5 Å². The van der Waals surface area contributed by atoms with Crippen molar-refractivity contribution in [1.82, 2.24) is 30.0 Å². The van der Waals surface area contributed by atoms with Gasteiger partial charge in [-0.1, -0.05) is 72.8 Å². The zero-order valence-electron chi connectivity index (χ0n) is 26.0. The van der Waals surface area contributed by atoms with Gasteiger partial charge in [0.15, 0.2) is 5.82 Å². The fraction of sp³-hybridized carbons (Fsp3) is 0.211. The van der Waals surface area contributed by atoms with E-state index < -0.39 is 0 Å². The number of para-hydroxylation sites is 2. The minimum Gasteiger partial charge on any atom is -0.497 e. The molecule has 7 aromatic rings. The lowest BCUT2D eigenvalue weighted by Crippen LogP contribution is -2.27. The van der Waals surface area contributed by atoms with Crippen molar-refractivity contribution in [3.05, 3.63) is 149 Å². The Hall–Kier alpha value is -5.18. The minimum atomic E-state index is -0.0895. The van der Waals surface area contributed by atoms with E-state index in [1.54, 1.807) is 7.11 Å². The molecule has 0 amide bonds. The van der Waals surface area contributed by atoms with E-state index in [-0.39, 0.29) is 6.04 Å². The molecule has 0 fully saturated rings. The lowest BCUT2D eigenvalue weighted by Gasteiger charge is -2.21. The topological polar surface area (TPSA) is 110 Å². The van der Waals surface area contributed by atoms with Gasteiger partial charge in [0.1, 0.15) is 11.6 Å². The summed E-state index contributed by atoms with van der Waals surface area (Å²) in [5.41, 5.74) is 14.2. The number of nitrogens with zero attached hydrogens (tertiary/aromatic N) is 3. The highest BCUT2D eigenvalue weighted by molar-refractivity contribution is 5.83. The van der Waals surface area contributed by atoms with Crippen LogP contribution >= 0.6 is 0 Å². The second-order valence-corrected chi connectivity index (χ2v) is 11.8. The predicted octanol–water partition coefficient (Wildman–Crippen LogP) is 6.62. The fourth-order valence-electron chi connectivity index (χ4n) is 6.35. The summed E-state index contributed by atoms with van der Waals surface area (Å²) in [6.45, 7) is 1.85. The Balaban J connectivity index is 1.25. The first-order valence-corrected chi connectivity index (χ1v) is 15.8. The molecule has 232 valence electrons. The fourth-order valence-corrected chi connectivity index (χ4v) is 6.35. The Bertz CT molecular complexity index is 2050. The molecule has 3 aromatic heterocycles. The molecule has 0 aliphatic carbocycles. The second-order valence-electron chi connectivity index (χ2n) is 11.8. The van der Waals surface area contributed by atoms with Crippen molar-refractivity contribution in [3.8, 4) is 5.75 Å². The van der Waals surface area contributed by atoms with Crippen LogP contribution in [0.5, 0.6) is 5.75 Å². The summed E-state index contributed by atoms with van der Waals surface area (Å²) in [4.78, 5) is 6.87. The van der Waals surface area contributed by atoms with E-state index >= 15 is 0 Å². The Labute approximate surface area is 268 Å². The number of ether oxygens (including phenoxy) is 1. The molecule has 0 unspecified atom stereocenters. The molecule has 3 heterocycles. The largest absolute Gasteiger partial charge is 0.497 e. The van der Waals surface area contributed by atoms with Crippen LogP contribution in [0.15, 0.2) is 109 Å². The van der Waals surface area contributed by atoms with Crippen LogP contribution in [-0.4, -0.2) is 31.8 Å². The number of nitrogens with one attached hydrogen (secondary N) is 3. The van der Waals surface area contributed by atoms with Crippen molar-refractivity contribution in [2.45, 2.75) is 44.9 Å². The molecule has 5 N–H and O–H groups in total. The molecule has 0 aliphatic rings. The van der Waals surface area contributed by atoms with Crippen LogP contribution in [0.25, 0.3) is 21.8 Å². The van der Waals surface area contributed by atoms with Gasteiger partial charge in [-0.05, 0) is 64.9 Å². The van der Waals surface area contributed by atoms with Crippen LogP contribution in [0.4, 0.5) is 0 Å². The molecular weight excluding hydrogens is 570 g/mol. The Morgan fingerprint density at radius 1 is 0.761 bits per heavy atom. The second kappa shape index (κ2) is 13.4. The number of aryl methyl sites for hydroxylation is 2. The lowest BCUT2D eigenvalue weighted by molar-refractivity contribution is 0.414. The van der Waals surface area contributed by atoms with Crippen molar-refractivity contribution in [2.24, 2.45) is 5.73 Å². The molecule has 0 saturated carbocycles. The number of aromatic nitrogens is 5. The van der Waals surface area contributed by atoms with Gasteiger partial charge < -0.3 is 30.3 Å². The monoisotopic (exact) mass is 609 g/mol. The molecule has 4 aromatic carbocycles. The van der Waals surface area contributed by atoms with Gasteiger partial charge in [-0.2, -0.15) is 0 Å². The summed E-state index contributed by atoms with van der Waals surface area (Å²) < 4.78 is 7.74. The number of aromatic amines is 2. The van der Waals surface area contributed by atoms with Crippen LogP contribution in [0.3, 0.4) is 0 Å². The summed E-state index contributed by atoms with van der Waals surface area (Å²) in [6.07, 6.45) is 6.62. The van der Waals surface area contributed by atoms with Crippen LogP contribution in [0.1, 0.15) is 45.5 Å². The Morgan fingerprint density at radius 2 is 1.46 bits per heavy atom. The first-order chi connectivity index (χ1) is 22.7. The van der Waals surface area contributed by atoms with E-state index in [0.29, 0.717) is 19.6 Å². The summed E-state index contributed by atoms with van der Waals surface area (Å²) in [7, 11) is 1.69. The summed E-state index contributed by atoms with van der Waals surface area (Å²) in [6, 6.07) is 33.5. The predicted molar refractivity (Wildman–Crippen MR) is 184 cm³/mol. The number of rotatable bonds is 13. The van der Waals surface area contributed by atoms with E-state index in [2.05, 4.69) is 117 Å². The number of methoxy groups -OCH3 is 1. The van der Waals surface area contributed by atoms with Gasteiger partial charge in [0.25, 0.3) is 0 Å². The Morgan fingerprint density at radius 3 is 2.20 bits per heavy atom. The van der Waals surface area contributed by atoms with E-state index in [1.807, 2.05) is 12.1 Å². The molecule has 8 nitrogen and oxygen atoms in total. The van der Waals surface area contributed by atoms with Gasteiger partial charge in [0.2, 0.25) is 0 Å². The Kier molecular flexibility index (Phi) is 8.63. The SMILES string of the molecule is COc1ccc(Cn2c(CCc3c[nH]c4ccccc34)nnc2[C@@H](Cc2c[nH]c3ccccc23)NCc2cccc(CN)c2)cc1. The average Bonchev–Trinajstić information content (AvgIpc) is 3.83. The number of benzene rings is 4. The third-order valence-electron chi connectivity index (χ3n) is 8.84. The van der Waals surface area contributed by atoms with Crippen molar-refractivity contribution < 1.29 is 4.74 Å². The van der Waals surface area contributed by atoms with Gasteiger partial charge in [-0.25, -0.2) is 0 Å². The standard InChI is InChI=1S/C38H39N7O/c1-46-31-16-13-26(14-17-31)25-45-37(18-15-29-23-41-34-11-4-2-9-32(29)34)43-44-38(45)36(40-22-28-8-6-7-27(19-28)21-39)20-30-24-42-35-12-5-3-10-33(30)35/h2-14,16-17,19,23-24,36,40-42H,15,18,20-22,25,39H2,1H3/t36-/m1/s1. The molecule has 7 rings (SSSR count). The highest BCUT2D eigenvalue weighted by atomic mass is 16.5. The minimum absolute atomic E-state index is 0.0895. The molecular formula is C38H39N7O. The molecule has 46 heavy (non-hydrogen) atoms. The van der Waals surface area contributed by atoms with Gasteiger partial charge in [-0.15, -0.1) is 10.2 Å². The van der Waals surface area contributed by atoms with Crippen LogP contribution < -0.4 is 15.8 Å². The average molecular weight is 610 g/mol. The van der Waals surface area contributed by atoms with E-state index in [0.717, 1.165) is 58.8 Å². The van der Waals surface area contributed by atoms with Crippen molar-refractivity contribution in [3.63, 3.8) is 0 Å². The number of nitrogens with two attached hydrogens (primary N) is 1. The van der Waals surface area contributed by atoms with Crippen molar-refractivity contribution >= 4 is 21.8 Å². The van der Waals surface area contributed by atoms with E-state index in [9.17, 15) is 0 Å². The van der Waals surface area contributed by atoms with Crippen molar-refractivity contribution in [2.75, 3.05) is 7.11 Å². The number of H-pyrrole nitrogens is 2. The highest BCUT2D eigenvalue weighted by Gasteiger charge is 2.23. The van der Waals surface area contributed by atoms with E-state index in [4.69, 9.17) is 20.7 Å². The number of fused-ring (bicyclic) bond motifs is 2. The number of hydrogen-bond donors (Lipinski definition) is 4. The first kappa shape index (κ1) is 29.5. The summed E-state index contributed by atoms with van der Waals surface area (Å²) >= 11 is 0. The molecule has 0 spiro atoms. The third kappa shape index (κ3) is 6.31. The van der Waals surface area contributed by atoms with Crippen molar-refractivity contribution in [1.29, 1.82) is 0 Å². The third-order valence-corrected chi connectivity index (χ3v) is 8.84. The zero-order valence-corrected chi connectivity index (χ0v) is 26.0. The molecule has 0 saturated heterocycles. The number of hydrogen-bond acceptors (Lipinski definition) is 5. The first-order valence-electron chi connectivity index (χ1n) is 15.8. The lowest BCUT2D eigenvalue weighted by atomic mass is 10.0. The summed E-state index contributed by atoms with van der Waals surface area (Å²) in [5.74, 6) is 2.72. The van der Waals surface area contributed by atoms with Gasteiger partial charge in [0.05, 0.1) is 19.7 Å². The quantitative estimate of drug-likeness (QED) is 0.118. The molecule has 0 bridgehead atoms. The highest BCUT2D eigenvalue weighted by Crippen LogP contribution is 2.27. The molecule has 1 atom stereocenters.